The summed E-state index contributed by atoms with van der Waals surface area (Å²) in [7, 11) is 0. The molecule has 0 radical (unpaired) electrons. The fourth-order valence-electron chi connectivity index (χ4n) is 2.05. The minimum atomic E-state index is 0.0690. The molecule has 0 spiro atoms. The molecular formula is C10H20N2O. The molecule has 1 saturated heterocycles. The highest BCUT2D eigenvalue weighted by Gasteiger charge is 2.26. The molecule has 0 aromatic rings. The molecule has 0 saturated carbocycles. The summed E-state index contributed by atoms with van der Waals surface area (Å²) in [6, 6.07) is 1.37. The normalized spacial score (nSPS) is 29.2. The lowest BCUT2D eigenvalue weighted by Crippen LogP contribution is -2.39. The zero-order valence-electron chi connectivity index (χ0n) is 8.84. The van der Waals surface area contributed by atoms with Gasteiger partial charge < -0.3 is 5.32 Å². The molecule has 1 aliphatic rings. The Kier molecular flexibility index (Phi) is 3.72. The van der Waals surface area contributed by atoms with Gasteiger partial charge in [-0.1, -0.05) is 0 Å². The van der Waals surface area contributed by atoms with Crippen LogP contribution in [-0.4, -0.2) is 36.0 Å². The van der Waals surface area contributed by atoms with Gasteiger partial charge >= 0.3 is 0 Å². The molecule has 1 N–H and O–H groups in total. The average molecular weight is 184 g/mol. The van der Waals surface area contributed by atoms with Crippen LogP contribution in [0.25, 0.3) is 0 Å². The molecule has 1 heterocycles. The van der Waals surface area contributed by atoms with E-state index in [-0.39, 0.29) is 5.91 Å². The van der Waals surface area contributed by atoms with Crippen LogP contribution in [-0.2, 0) is 4.79 Å². The van der Waals surface area contributed by atoms with Gasteiger partial charge in [0.2, 0.25) is 5.91 Å². The third-order valence-corrected chi connectivity index (χ3v) is 2.88. The van der Waals surface area contributed by atoms with Gasteiger partial charge in [0, 0.05) is 32.1 Å². The van der Waals surface area contributed by atoms with Crippen molar-refractivity contribution in [1.82, 2.24) is 10.2 Å². The van der Waals surface area contributed by atoms with Crippen LogP contribution in [0.5, 0.6) is 0 Å². The second-order valence-corrected chi connectivity index (χ2v) is 4.00. The van der Waals surface area contributed by atoms with E-state index in [9.17, 15) is 4.79 Å². The summed E-state index contributed by atoms with van der Waals surface area (Å²) < 4.78 is 0. The lowest BCUT2D eigenvalue weighted by atomic mass is 10.2. The van der Waals surface area contributed by atoms with E-state index in [1.165, 1.54) is 12.8 Å². The van der Waals surface area contributed by atoms with E-state index in [1.807, 2.05) is 0 Å². The highest BCUT2D eigenvalue weighted by Crippen LogP contribution is 2.22. The maximum Gasteiger partial charge on any atom is 0.216 e. The number of rotatable bonds is 3. The van der Waals surface area contributed by atoms with Gasteiger partial charge in [-0.2, -0.15) is 0 Å². The van der Waals surface area contributed by atoms with Crippen molar-refractivity contribution in [2.24, 2.45) is 0 Å². The molecule has 0 bridgehead atoms. The van der Waals surface area contributed by atoms with Gasteiger partial charge in [-0.25, -0.2) is 0 Å². The molecule has 0 aromatic carbocycles. The summed E-state index contributed by atoms with van der Waals surface area (Å²) in [5, 5.41) is 2.83. The number of likely N-dealkylation sites (tertiary alicyclic amines) is 1. The first-order valence-electron chi connectivity index (χ1n) is 5.11. The van der Waals surface area contributed by atoms with Crippen LogP contribution in [0.3, 0.4) is 0 Å². The predicted molar refractivity (Wildman–Crippen MR) is 53.5 cm³/mol. The summed E-state index contributed by atoms with van der Waals surface area (Å²) in [4.78, 5) is 13.1. The standard InChI is InChI=1S/C10H20N2O/c1-8-4-5-9(2)12(8)7-6-11-10(3)13/h8-9H,4-7H2,1-3H3,(H,11,13). The van der Waals surface area contributed by atoms with Crippen molar-refractivity contribution in [3.63, 3.8) is 0 Å². The largest absolute Gasteiger partial charge is 0.355 e. The first-order chi connectivity index (χ1) is 6.11. The Labute approximate surface area is 80.5 Å². The van der Waals surface area contributed by atoms with Gasteiger partial charge in [0.15, 0.2) is 0 Å². The number of hydrogen-bond acceptors (Lipinski definition) is 2. The maximum atomic E-state index is 10.7. The van der Waals surface area contributed by atoms with E-state index in [2.05, 4.69) is 24.1 Å². The third kappa shape index (κ3) is 2.99. The van der Waals surface area contributed by atoms with Gasteiger partial charge in [0.25, 0.3) is 0 Å². The molecule has 2 unspecified atom stereocenters. The van der Waals surface area contributed by atoms with Crippen molar-refractivity contribution in [2.45, 2.75) is 45.7 Å². The minimum Gasteiger partial charge on any atom is -0.355 e. The number of amides is 1. The molecule has 76 valence electrons. The number of carbonyl (C=O) groups is 1. The van der Waals surface area contributed by atoms with Gasteiger partial charge in [-0.05, 0) is 26.7 Å². The lowest BCUT2D eigenvalue weighted by Gasteiger charge is -2.25. The van der Waals surface area contributed by atoms with Crippen molar-refractivity contribution in [1.29, 1.82) is 0 Å². The van der Waals surface area contributed by atoms with Crippen LogP contribution in [0.15, 0.2) is 0 Å². The number of carbonyl (C=O) groups excluding carboxylic acids is 1. The zero-order valence-corrected chi connectivity index (χ0v) is 8.84. The number of hydrogen-bond donors (Lipinski definition) is 1. The van der Waals surface area contributed by atoms with Crippen LogP contribution < -0.4 is 5.32 Å². The lowest BCUT2D eigenvalue weighted by molar-refractivity contribution is -0.119. The molecule has 3 nitrogen and oxygen atoms in total. The second kappa shape index (κ2) is 4.61. The van der Waals surface area contributed by atoms with Crippen LogP contribution in [0, 0.1) is 0 Å². The third-order valence-electron chi connectivity index (χ3n) is 2.88. The van der Waals surface area contributed by atoms with Crippen LogP contribution in [0.2, 0.25) is 0 Å². The van der Waals surface area contributed by atoms with E-state index in [0.717, 1.165) is 13.1 Å². The topological polar surface area (TPSA) is 32.3 Å². The first kappa shape index (κ1) is 10.5. The molecular weight excluding hydrogens is 164 g/mol. The van der Waals surface area contributed by atoms with Gasteiger partial charge in [0.05, 0.1) is 0 Å². The van der Waals surface area contributed by atoms with Gasteiger partial charge in [0.1, 0.15) is 0 Å². The van der Waals surface area contributed by atoms with Gasteiger partial charge in [-0.3, -0.25) is 9.69 Å². The van der Waals surface area contributed by atoms with Crippen LogP contribution >= 0.6 is 0 Å². The minimum absolute atomic E-state index is 0.0690. The Morgan fingerprint density at radius 2 is 1.92 bits per heavy atom. The van der Waals surface area contributed by atoms with E-state index >= 15 is 0 Å². The summed E-state index contributed by atoms with van der Waals surface area (Å²) in [5.74, 6) is 0.0690. The van der Waals surface area contributed by atoms with Crippen molar-refractivity contribution in [2.75, 3.05) is 13.1 Å². The Bertz CT molecular complexity index is 172. The molecule has 1 amide bonds. The molecule has 1 fully saturated rings. The van der Waals surface area contributed by atoms with E-state index < -0.39 is 0 Å². The zero-order chi connectivity index (χ0) is 9.84. The fourth-order valence-corrected chi connectivity index (χ4v) is 2.05. The average Bonchev–Trinajstić information content (AvgIpc) is 2.34. The molecule has 0 aliphatic carbocycles. The van der Waals surface area contributed by atoms with Crippen molar-refractivity contribution >= 4 is 5.91 Å². The van der Waals surface area contributed by atoms with E-state index in [1.54, 1.807) is 6.92 Å². The SMILES string of the molecule is CC(=O)NCCN1C(C)CCC1C. The van der Waals surface area contributed by atoms with Crippen molar-refractivity contribution < 1.29 is 4.79 Å². The second-order valence-electron chi connectivity index (χ2n) is 4.00. The highest BCUT2D eigenvalue weighted by molar-refractivity contribution is 5.72. The van der Waals surface area contributed by atoms with Crippen molar-refractivity contribution in [3.8, 4) is 0 Å². The summed E-state index contributed by atoms with van der Waals surface area (Å²) in [6.45, 7) is 7.86. The quantitative estimate of drug-likeness (QED) is 0.709. The maximum absolute atomic E-state index is 10.7. The molecule has 13 heavy (non-hydrogen) atoms. The summed E-state index contributed by atoms with van der Waals surface area (Å²) >= 11 is 0. The molecule has 0 aromatic heterocycles. The van der Waals surface area contributed by atoms with Gasteiger partial charge in [-0.15, -0.1) is 0 Å². The fraction of sp³-hybridized carbons (Fsp3) is 0.900. The summed E-state index contributed by atoms with van der Waals surface area (Å²) in [5.41, 5.74) is 0. The van der Waals surface area contributed by atoms with Crippen LogP contribution in [0.1, 0.15) is 33.6 Å². The van der Waals surface area contributed by atoms with Crippen molar-refractivity contribution in [3.05, 3.63) is 0 Å². The van der Waals surface area contributed by atoms with E-state index in [4.69, 9.17) is 0 Å². The summed E-state index contributed by atoms with van der Waals surface area (Å²) in [6.07, 6.45) is 2.59. The smallest absolute Gasteiger partial charge is 0.216 e. The Morgan fingerprint density at radius 1 is 1.38 bits per heavy atom. The molecule has 1 aliphatic heterocycles. The molecule has 1 rings (SSSR count). The Balaban J connectivity index is 2.23. The highest BCUT2D eigenvalue weighted by atomic mass is 16.1. The van der Waals surface area contributed by atoms with E-state index in [0.29, 0.717) is 12.1 Å². The number of nitrogens with one attached hydrogen (secondary N) is 1. The Hall–Kier alpha value is -0.570. The number of nitrogens with zero attached hydrogens (tertiary/aromatic N) is 1. The first-order valence-corrected chi connectivity index (χ1v) is 5.11. The monoisotopic (exact) mass is 184 g/mol. The molecule has 2 atom stereocenters. The van der Waals surface area contributed by atoms with Crippen LogP contribution in [0.4, 0.5) is 0 Å². The molecule has 3 heteroatoms. The Morgan fingerprint density at radius 3 is 2.38 bits per heavy atom. The predicted octanol–water partition coefficient (Wildman–Crippen LogP) is 0.995.